The van der Waals surface area contributed by atoms with E-state index in [9.17, 15) is 0 Å². The van der Waals surface area contributed by atoms with Crippen LogP contribution in [0.5, 0.6) is 0 Å². The topological polar surface area (TPSA) is 0 Å². The quantitative estimate of drug-likeness (QED) is 0.171. The first-order valence-electron chi connectivity index (χ1n) is 14.9. The number of hydrogen-bond donors (Lipinski definition) is 0. The third-order valence-corrected chi connectivity index (χ3v) is 9.32. The van der Waals surface area contributed by atoms with Gasteiger partial charge >= 0.3 is 0 Å². The Morgan fingerprint density at radius 1 is 0.707 bits per heavy atom. The molecule has 0 nitrogen and oxygen atoms in total. The normalized spacial score (nSPS) is 14.8. The Balaban J connectivity index is 0.00000302. The zero-order valence-electron chi connectivity index (χ0n) is 25.5. The predicted molar refractivity (Wildman–Crippen MR) is 171 cm³/mol. The Labute approximate surface area is 265 Å². The maximum Gasteiger partial charge on any atom is 0 e. The molecule has 0 aliphatic heterocycles. The second-order valence-corrected chi connectivity index (χ2v) is 14.1. The van der Waals surface area contributed by atoms with Crippen molar-refractivity contribution in [3.63, 3.8) is 0 Å². The van der Waals surface area contributed by atoms with Crippen molar-refractivity contribution in [2.24, 2.45) is 0 Å². The van der Waals surface area contributed by atoms with Crippen LogP contribution in [-0.2, 0) is 49.9 Å². The monoisotopic (exact) mass is 609 g/mol. The molecule has 3 aliphatic rings. The molecule has 4 aromatic carbocycles. The van der Waals surface area contributed by atoms with Crippen LogP contribution in [0.25, 0.3) is 39.0 Å². The summed E-state index contributed by atoms with van der Waals surface area (Å²) in [6.07, 6.45) is 9.78. The Morgan fingerprint density at radius 3 is 2.17 bits per heavy atom. The van der Waals surface area contributed by atoms with Gasteiger partial charge in [0.05, 0.1) is 0 Å². The van der Waals surface area contributed by atoms with Crippen molar-refractivity contribution < 1.29 is 26.2 Å². The van der Waals surface area contributed by atoms with Gasteiger partial charge < -0.3 is 0 Å². The van der Waals surface area contributed by atoms with Gasteiger partial charge in [0.25, 0.3) is 0 Å². The standard InChI is InChI=1S/C40H39.Zr/c1-24-36(25-12-8-9-13-25)34(23-28-20-26-14-10-11-15-31(26)37(24)28)38-33-22-27-21-29(39(2,3)4)16-17-30(27)32(33)18-19-35(38)40(5,6)7;/h8-12,14-19,21H,13,20,22H2,1-7H3;/q-1;. The zero-order valence-corrected chi connectivity index (χ0v) is 28.0. The van der Waals surface area contributed by atoms with E-state index in [1.165, 1.54) is 83.5 Å². The molecule has 0 saturated heterocycles. The van der Waals surface area contributed by atoms with Crippen molar-refractivity contribution >= 4 is 5.57 Å². The van der Waals surface area contributed by atoms with Crippen molar-refractivity contribution in [3.05, 3.63) is 123 Å². The number of hydrogen-bond acceptors (Lipinski definition) is 0. The van der Waals surface area contributed by atoms with Crippen molar-refractivity contribution in [1.29, 1.82) is 0 Å². The van der Waals surface area contributed by atoms with Crippen LogP contribution < -0.4 is 0 Å². The molecule has 0 amide bonds. The van der Waals surface area contributed by atoms with Gasteiger partial charge in [-0.3, -0.25) is 0 Å². The number of rotatable bonds is 2. The SMILES string of the molecule is Cc1c(C2=CC=CC2)c(-c2c(C(C)(C)C)ccc3c2Cc2cc(C(C)(C)C)ccc2-3)[c-]c2c1-c1ccccc1C2.[Zr]. The van der Waals surface area contributed by atoms with Gasteiger partial charge in [0.2, 0.25) is 0 Å². The molecule has 0 bridgehead atoms. The van der Waals surface area contributed by atoms with Crippen LogP contribution in [0.1, 0.15) is 92.5 Å². The van der Waals surface area contributed by atoms with Crippen LogP contribution in [0.4, 0.5) is 0 Å². The summed E-state index contributed by atoms with van der Waals surface area (Å²) in [6.45, 7) is 16.4. The van der Waals surface area contributed by atoms with E-state index < -0.39 is 0 Å². The molecule has 0 unspecified atom stereocenters. The first-order valence-corrected chi connectivity index (χ1v) is 14.9. The van der Waals surface area contributed by atoms with Crippen molar-refractivity contribution in [3.8, 4) is 33.4 Å². The Bertz CT molecular complexity index is 1780. The summed E-state index contributed by atoms with van der Waals surface area (Å²) in [5.41, 5.74) is 21.3. The fourth-order valence-electron chi connectivity index (χ4n) is 7.30. The number of benzene rings is 4. The summed E-state index contributed by atoms with van der Waals surface area (Å²) < 4.78 is 0. The summed E-state index contributed by atoms with van der Waals surface area (Å²) in [5.74, 6) is 0. The van der Waals surface area contributed by atoms with Crippen LogP contribution in [0.15, 0.2) is 72.8 Å². The molecule has 3 aliphatic carbocycles. The molecule has 0 radical (unpaired) electrons. The van der Waals surface area contributed by atoms with Gasteiger partial charge in [0.1, 0.15) is 0 Å². The second kappa shape index (κ2) is 9.91. The molecule has 7 rings (SSSR count). The molecule has 0 heterocycles. The van der Waals surface area contributed by atoms with Gasteiger partial charge in [0.15, 0.2) is 0 Å². The molecule has 4 aromatic rings. The van der Waals surface area contributed by atoms with Gasteiger partial charge in [-0.1, -0.05) is 155 Å². The van der Waals surface area contributed by atoms with Gasteiger partial charge in [-0.15, -0.1) is 28.3 Å². The van der Waals surface area contributed by atoms with Crippen LogP contribution in [0.2, 0.25) is 0 Å². The Morgan fingerprint density at radius 2 is 1.46 bits per heavy atom. The molecular weight excluding hydrogens is 572 g/mol. The fraction of sp³-hybridized carbons (Fsp3) is 0.300. The molecular formula is C40H39Zr-. The average molecular weight is 611 g/mol. The van der Waals surface area contributed by atoms with Crippen molar-refractivity contribution in [1.82, 2.24) is 0 Å². The number of fused-ring (bicyclic) bond motifs is 6. The Hall–Kier alpha value is -2.76. The molecule has 1 heteroatoms. The van der Waals surface area contributed by atoms with Gasteiger partial charge in [-0.25, -0.2) is 0 Å². The van der Waals surface area contributed by atoms with Crippen LogP contribution in [0.3, 0.4) is 0 Å². The van der Waals surface area contributed by atoms with Crippen LogP contribution in [-0.4, -0.2) is 0 Å². The third kappa shape index (κ3) is 4.51. The molecule has 0 atom stereocenters. The second-order valence-electron chi connectivity index (χ2n) is 14.1. The molecule has 0 saturated carbocycles. The van der Waals surface area contributed by atoms with Gasteiger partial charge in [-0.2, -0.15) is 0 Å². The molecule has 41 heavy (non-hydrogen) atoms. The molecule has 0 spiro atoms. The maximum atomic E-state index is 4.11. The zero-order chi connectivity index (χ0) is 28.0. The van der Waals surface area contributed by atoms with E-state index in [1.54, 1.807) is 0 Å². The van der Waals surface area contributed by atoms with E-state index in [0.717, 1.165) is 19.3 Å². The van der Waals surface area contributed by atoms with Crippen molar-refractivity contribution in [2.75, 3.05) is 0 Å². The van der Waals surface area contributed by atoms with Crippen molar-refractivity contribution in [2.45, 2.75) is 78.6 Å². The van der Waals surface area contributed by atoms with Crippen LogP contribution >= 0.6 is 0 Å². The van der Waals surface area contributed by atoms with Crippen LogP contribution in [0, 0.1) is 13.0 Å². The largest absolute Gasteiger partial charge is 0.138 e. The molecule has 204 valence electrons. The summed E-state index contributed by atoms with van der Waals surface area (Å²) in [5, 5.41) is 0. The molecule has 0 N–H and O–H groups in total. The first kappa shape index (κ1) is 28.4. The summed E-state index contributed by atoms with van der Waals surface area (Å²) in [4.78, 5) is 0. The van der Waals surface area contributed by atoms with E-state index in [1.807, 2.05) is 0 Å². The van der Waals surface area contributed by atoms with E-state index in [-0.39, 0.29) is 37.0 Å². The summed E-state index contributed by atoms with van der Waals surface area (Å²) in [6, 6.07) is 25.1. The van der Waals surface area contributed by atoms with E-state index in [0.29, 0.717) is 0 Å². The predicted octanol–water partition coefficient (Wildman–Crippen LogP) is 10.5. The summed E-state index contributed by atoms with van der Waals surface area (Å²) in [7, 11) is 0. The minimum atomic E-state index is 0. The smallest absolute Gasteiger partial charge is 0 e. The number of allylic oxidation sites excluding steroid dienone is 4. The molecule has 0 fully saturated rings. The molecule has 0 aromatic heterocycles. The van der Waals surface area contributed by atoms with Gasteiger partial charge in [-0.05, 0) is 57.9 Å². The Kier molecular flexibility index (Phi) is 6.86. The maximum absolute atomic E-state index is 4.11. The minimum Gasteiger partial charge on any atom is -0.138 e. The fourth-order valence-corrected chi connectivity index (χ4v) is 7.30. The first-order chi connectivity index (χ1) is 19.0. The van der Waals surface area contributed by atoms with E-state index in [2.05, 4.69) is 127 Å². The van der Waals surface area contributed by atoms with E-state index >= 15 is 0 Å². The van der Waals surface area contributed by atoms with Gasteiger partial charge in [0, 0.05) is 26.2 Å². The minimum absolute atomic E-state index is 0. The average Bonchev–Trinajstić information content (AvgIpc) is 3.63. The van der Waals surface area contributed by atoms with E-state index in [4.69, 9.17) is 0 Å². The summed E-state index contributed by atoms with van der Waals surface area (Å²) >= 11 is 0. The third-order valence-electron chi connectivity index (χ3n) is 9.32.